The van der Waals surface area contributed by atoms with E-state index in [0.29, 0.717) is 6.42 Å². The zero-order valence-corrected chi connectivity index (χ0v) is 25.1. The minimum atomic E-state index is -1.26. The Bertz CT molecular complexity index is 1330. The Balaban J connectivity index is 2.12. The second-order valence-corrected chi connectivity index (χ2v) is 10.8. The molecule has 15 N–H and O–H groups in total. The number of nitrogens with one attached hydrogen (secondary N) is 4. The number of para-hydroxylation sites is 1. The lowest BCUT2D eigenvalue weighted by molar-refractivity contribution is -0.142. The number of carbonyl (C=O) groups is 4. The quantitative estimate of drug-likeness (QED) is 0.0517. The molecule has 0 aliphatic carbocycles. The first-order chi connectivity index (χ1) is 20.8. The number of carboxylic acids is 1. The molecule has 2 rings (SSSR count). The molecule has 1 aromatic heterocycles. The van der Waals surface area contributed by atoms with E-state index in [0.717, 1.165) is 16.5 Å². The lowest BCUT2D eigenvalue weighted by Gasteiger charge is -2.27. The normalized spacial score (nSPS) is 13.7. The first-order valence-electron chi connectivity index (χ1n) is 14.3. The van der Waals surface area contributed by atoms with Crippen LogP contribution < -0.4 is 44.6 Å². The molecule has 0 aliphatic rings. The summed E-state index contributed by atoms with van der Waals surface area (Å²) in [5.74, 6) is -3.78. The number of amides is 3. The number of H-pyrrole nitrogens is 1. The Hall–Kier alpha value is -4.86. The van der Waals surface area contributed by atoms with Crippen LogP contribution in [-0.2, 0) is 25.6 Å². The highest BCUT2D eigenvalue weighted by molar-refractivity contribution is 5.94. The maximum Gasteiger partial charge on any atom is 0.326 e. The molecule has 44 heavy (non-hydrogen) atoms. The predicted octanol–water partition coefficient (Wildman–Crippen LogP) is -1.66. The van der Waals surface area contributed by atoms with Gasteiger partial charge in [0.2, 0.25) is 17.7 Å². The number of aliphatic imine (C=N–C) groups is 2. The van der Waals surface area contributed by atoms with Crippen molar-refractivity contribution in [2.24, 2.45) is 44.6 Å². The van der Waals surface area contributed by atoms with Crippen molar-refractivity contribution in [3.05, 3.63) is 36.0 Å². The van der Waals surface area contributed by atoms with Gasteiger partial charge in [0.05, 0.1) is 6.04 Å². The molecule has 2 aromatic rings. The molecule has 242 valence electrons. The first kappa shape index (κ1) is 35.3. The van der Waals surface area contributed by atoms with Crippen molar-refractivity contribution < 1.29 is 24.3 Å². The number of rotatable bonds is 18. The lowest BCUT2D eigenvalue weighted by Crippen LogP contribution is -2.58. The second kappa shape index (κ2) is 17.3. The number of nitrogens with zero attached hydrogens (tertiary/aromatic N) is 2. The van der Waals surface area contributed by atoms with E-state index in [-0.39, 0.29) is 56.6 Å². The zero-order chi connectivity index (χ0) is 32.8. The Morgan fingerprint density at radius 1 is 0.841 bits per heavy atom. The number of aliphatic carboxylic acids is 1. The van der Waals surface area contributed by atoms with Crippen molar-refractivity contribution in [3.63, 3.8) is 0 Å². The van der Waals surface area contributed by atoms with Crippen LogP contribution in [0.2, 0.25) is 0 Å². The summed E-state index contributed by atoms with van der Waals surface area (Å²) < 4.78 is 0. The standard InChI is InChI=1S/C28H45N11O5/c1-15(2)22(39-23(40)18(29)13-16-14-36-19-8-4-3-7-17(16)19)25(42)37-20(9-5-11-34-27(30)31)24(41)38-21(26(43)44)10-6-12-35-28(32)33/h3-4,7-8,14-15,18,20-22,36H,5-6,9-13,29H2,1-2H3,(H,37,42)(H,38,41)(H,39,40)(H,43,44)(H4,30,31,34)(H4,32,33,35)/t18-,20-,21-,22-/m0/s1. The van der Waals surface area contributed by atoms with Gasteiger partial charge in [-0.2, -0.15) is 0 Å². The average Bonchev–Trinajstić information content (AvgIpc) is 3.36. The van der Waals surface area contributed by atoms with Gasteiger partial charge in [0.1, 0.15) is 18.1 Å². The maximum atomic E-state index is 13.4. The van der Waals surface area contributed by atoms with Gasteiger partial charge in [-0.3, -0.25) is 24.4 Å². The number of fused-ring (bicyclic) bond motifs is 1. The summed E-state index contributed by atoms with van der Waals surface area (Å²) in [7, 11) is 0. The van der Waals surface area contributed by atoms with Crippen molar-refractivity contribution in [3.8, 4) is 0 Å². The third-order valence-electron chi connectivity index (χ3n) is 6.84. The first-order valence-corrected chi connectivity index (χ1v) is 14.3. The highest BCUT2D eigenvalue weighted by atomic mass is 16.4. The van der Waals surface area contributed by atoms with Gasteiger partial charge < -0.3 is 54.7 Å². The number of guanidine groups is 2. The van der Waals surface area contributed by atoms with Crippen LogP contribution in [0.4, 0.5) is 0 Å². The van der Waals surface area contributed by atoms with Gasteiger partial charge in [-0.25, -0.2) is 4.79 Å². The second-order valence-electron chi connectivity index (χ2n) is 10.8. The topological polar surface area (TPSA) is 295 Å². The SMILES string of the molecule is CC(C)[C@H](NC(=O)[C@@H](N)Cc1c[nH]c2ccccc12)C(=O)N[C@@H](CCCN=C(N)N)C(=O)N[C@@H](CCCN=C(N)N)C(=O)O. The van der Waals surface area contributed by atoms with Crippen molar-refractivity contribution in [1.29, 1.82) is 0 Å². The number of hydrogen-bond acceptors (Lipinski definition) is 7. The molecule has 0 aliphatic heterocycles. The van der Waals surface area contributed by atoms with Gasteiger partial charge in [-0.05, 0) is 49.7 Å². The van der Waals surface area contributed by atoms with Crippen LogP contribution >= 0.6 is 0 Å². The van der Waals surface area contributed by atoms with E-state index in [1.54, 1.807) is 20.0 Å². The van der Waals surface area contributed by atoms with E-state index in [1.165, 1.54) is 0 Å². The van der Waals surface area contributed by atoms with Gasteiger partial charge in [-0.1, -0.05) is 32.0 Å². The summed E-state index contributed by atoms with van der Waals surface area (Å²) in [5, 5.41) is 18.4. The van der Waals surface area contributed by atoms with Gasteiger partial charge in [0, 0.05) is 30.2 Å². The number of aromatic amines is 1. The third kappa shape index (κ3) is 11.4. The van der Waals surface area contributed by atoms with Crippen molar-refractivity contribution in [1.82, 2.24) is 20.9 Å². The summed E-state index contributed by atoms with van der Waals surface area (Å²) in [4.78, 5) is 62.4. The summed E-state index contributed by atoms with van der Waals surface area (Å²) in [6.07, 6.45) is 2.75. The number of nitrogens with two attached hydrogens (primary N) is 5. The molecule has 1 aromatic carbocycles. The number of carbonyl (C=O) groups excluding carboxylic acids is 3. The Labute approximate surface area is 255 Å². The van der Waals surface area contributed by atoms with Crippen LogP contribution in [-0.4, -0.2) is 83.0 Å². The van der Waals surface area contributed by atoms with Gasteiger partial charge in [0.25, 0.3) is 0 Å². The smallest absolute Gasteiger partial charge is 0.326 e. The van der Waals surface area contributed by atoms with E-state index in [2.05, 4.69) is 30.9 Å². The Morgan fingerprint density at radius 2 is 1.41 bits per heavy atom. The third-order valence-corrected chi connectivity index (χ3v) is 6.84. The maximum absolute atomic E-state index is 13.4. The van der Waals surface area contributed by atoms with Crippen LogP contribution in [0, 0.1) is 5.92 Å². The molecule has 0 saturated carbocycles. The molecule has 0 radical (unpaired) electrons. The number of benzene rings is 1. The van der Waals surface area contributed by atoms with Gasteiger partial charge in [0.15, 0.2) is 11.9 Å². The van der Waals surface area contributed by atoms with E-state index >= 15 is 0 Å². The van der Waals surface area contributed by atoms with E-state index < -0.39 is 47.9 Å². The molecule has 4 atom stereocenters. The van der Waals surface area contributed by atoms with Crippen LogP contribution in [0.15, 0.2) is 40.4 Å². The highest BCUT2D eigenvalue weighted by Gasteiger charge is 2.31. The molecule has 0 saturated heterocycles. The van der Waals surface area contributed by atoms with Crippen LogP contribution in [0.5, 0.6) is 0 Å². The number of carboxylic acid groups (broad SMARTS) is 1. The van der Waals surface area contributed by atoms with Crippen LogP contribution in [0.3, 0.4) is 0 Å². The van der Waals surface area contributed by atoms with Crippen molar-refractivity contribution >= 4 is 46.5 Å². The van der Waals surface area contributed by atoms with Gasteiger partial charge >= 0.3 is 5.97 Å². The fraction of sp³-hybridized carbons (Fsp3) is 0.500. The minimum absolute atomic E-state index is 0.0471. The van der Waals surface area contributed by atoms with Crippen LogP contribution in [0.25, 0.3) is 10.9 Å². The molecule has 0 fully saturated rings. The zero-order valence-electron chi connectivity index (χ0n) is 25.1. The van der Waals surface area contributed by atoms with Crippen molar-refractivity contribution in [2.75, 3.05) is 13.1 Å². The fourth-order valence-corrected chi connectivity index (χ4v) is 4.49. The van der Waals surface area contributed by atoms with Crippen LogP contribution in [0.1, 0.15) is 45.1 Å². The summed E-state index contributed by atoms with van der Waals surface area (Å²) in [6, 6.07) is 3.25. The molecule has 16 nitrogen and oxygen atoms in total. The highest BCUT2D eigenvalue weighted by Crippen LogP contribution is 2.19. The summed E-state index contributed by atoms with van der Waals surface area (Å²) >= 11 is 0. The minimum Gasteiger partial charge on any atom is -0.480 e. The Kier molecular flexibility index (Phi) is 13.9. The molecule has 1 heterocycles. The molecular weight excluding hydrogens is 570 g/mol. The molecule has 0 unspecified atom stereocenters. The fourth-order valence-electron chi connectivity index (χ4n) is 4.49. The largest absolute Gasteiger partial charge is 0.480 e. The lowest BCUT2D eigenvalue weighted by atomic mass is 10.00. The number of hydrogen-bond donors (Lipinski definition) is 10. The molecule has 3 amide bonds. The van der Waals surface area contributed by atoms with Crippen molar-refractivity contribution in [2.45, 2.75) is 70.1 Å². The molecule has 0 bridgehead atoms. The average molecular weight is 616 g/mol. The van der Waals surface area contributed by atoms with E-state index in [4.69, 9.17) is 28.7 Å². The monoisotopic (exact) mass is 615 g/mol. The number of aromatic nitrogens is 1. The summed E-state index contributed by atoms with van der Waals surface area (Å²) in [5.41, 5.74) is 29.3. The predicted molar refractivity (Wildman–Crippen MR) is 168 cm³/mol. The molecule has 16 heteroatoms. The van der Waals surface area contributed by atoms with E-state index in [1.807, 2.05) is 24.3 Å². The molecule has 0 spiro atoms. The summed E-state index contributed by atoms with van der Waals surface area (Å²) in [6.45, 7) is 3.83. The van der Waals surface area contributed by atoms with E-state index in [9.17, 15) is 24.3 Å². The Morgan fingerprint density at radius 3 is 1.98 bits per heavy atom. The van der Waals surface area contributed by atoms with Gasteiger partial charge in [-0.15, -0.1) is 0 Å². The molecular formula is C28H45N11O5.